The Labute approximate surface area is 90.0 Å². The molecule has 72 valence electrons. The molecule has 0 saturated carbocycles. The summed E-state index contributed by atoms with van der Waals surface area (Å²) in [6, 6.07) is 0. The van der Waals surface area contributed by atoms with E-state index in [2.05, 4.69) is 20.3 Å². The van der Waals surface area contributed by atoms with Crippen molar-refractivity contribution in [3.63, 3.8) is 0 Å². The second-order valence-electron chi connectivity index (χ2n) is 2.51. The zero-order valence-electron chi connectivity index (χ0n) is 7.14. The fraction of sp³-hybridized carbons (Fsp3) is 0.125. The molecule has 2 heterocycles. The molecule has 6 heteroatoms. The summed E-state index contributed by atoms with van der Waals surface area (Å²) < 4.78 is 0. The number of hydrogen-bond acceptors (Lipinski definition) is 5. The van der Waals surface area contributed by atoms with Crippen molar-refractivity contribution in [3.05, 3.63) is 34.1 Å². The molecule has 0 unspecified atom stereocenters. The Morgan fingerprint density at radius 1 is 1.43 bits per heavy atom. The molecule has 0 amide bonds. The van der Waals surface area contributed by atoms with Gasteiger partial charge in [0.1, 0.15) is 16.0 Å². The molecule has 0 bridgehead atoms. The minimum atomic E-state index is 0.383. The Morgan fingerprint density at radius 2 is 2.36 bits per heavy atom. The fourth-order valence-electron chi connectivity index (χ4n) is 0.934. The molecule has 2 rings (SSSR count). The van der Waals surface area contributed by atoms with Gasteiger partial charge in [-0.3, -0.25) is 4.98 Å². The topological polar surface area (TPSA) is 50.7 Å². The summed E-state index contributed by atoms with van der Waals surface area (Å²) in [4.78, 5) is 12.1. The second-order valence-corrected chi connectivity index (χ2v) is 3.87. The lowest BCUT2D eigenvalue weighted by Crippen LogP contribution is -2.01. The first kappa shape index (κ1) is 9.36. The SMILES string of the molecule is Clc1cncc(NCc2nccs2)n1. The maximum absolute atomic E-state index is 5.68. The summed E-state index contributed by atoms with van der Waals surface area (Å²) >= 11 is 7.27. The fourth-order valence-corrected chi connectivity index (χ4v) is 1.64. The van der Waals surface area contributed by atoms with Crippen LogP contribution in [0.1, 0.15) is 5.01 Å². The van der Waals surface area contributed by atoms with Crippen LogP contribution in [0.3, 0.4) is 0 Å². The monoisotopic (exact) mass is 226 g/mol. The van der Waals surface area contributed by atoms with Crippen LogP contribution < -0.4 is 5.32 Å². The molecule has 4 nitrogen and oxygen atoms in total. The normalized spacial score (nSPS) is 10.1. The van der Waals surface area contributed by atoms with Gasteiger partial charge in [0.2, 0.25) is 0 Å². The van der Waals surface area contributed by atoms with Gasteiger partial charge in [-0.05, 0) is 0 Å². The largest absolute Gasteiger partial charge is 0.362 e. The molecule has 0 aromatic carbocycles. The molecule has 0 radical (unpaired) electrons. The van der Waals surface area contributed by atoms with Crippen molar-refractivity contribution < 1.29 is 0 Å². The molecular weight excluding hydrogens is 220 g/mol. The van der Waals surface area contributed by atoms with Gasteiger partial charge >= 0.3 is 0 Å². The summed E-state index contributed by atoms with van der Waals surface area (Å²) in [5.74, 6) is 0.660. The molecule has 0 fully saturated rings. The highest BCUT2D eigenvalue weighted by atomic mass is 35.5. The van der Waals surface area contributed by atoms with E-state index < -0.39 is 0 Å². The lowest BCUT2D eigenvalue weighted by Gasteiger charge is -2.01. The van der Waals surface area contributed by atoms with E-state index in [0.29, 0.717) is 17.5 Å². The molecule has 0 saturated heterocycles. The lowest BCUT2D eigenvalue weighted by molar-refractivity contribution is 1.06. The van der Waals surface area contributed by atoms with Crippen LogP contribution in [0.2, 0.25) is 5.15 Å². The van der Waals surface area contributed by atoms with E-state index in [9.17, 15) is 0 Å². The van der Waals surface area contributed by atoms with Crippen LogP contribution in [0, 0.1) is 0 Å². The Balaban J connectivity index is 1.98. The second kappa shape index (κ2) is 4.34. The van der Waals surface area contributed by atoms with Crippen LogP contribution in [0.4, 0.5) is 5.82 Å². The smallest absolute Gasteiger partial charge is 0.149 e. The van der Waals surface area contributed by atoms with Gasteiger partial charge < -0.3 is 5.32 Å². The van der Waals surface area contributed by atoms with Crippen molar-refractivity contribution >= 4 is 28.8 Å². The third kappa shape index (κ3) is 2.40. The Hall–Kier alpha value is -1.20. The number of nitrogens with one attached hydrogen (secondary N) is 1. The number of rotatable bonds is 3. The maximum Gasteiger partial charge on any atom is 0.149 e. The molecule has 0 spiro atoms. The van der Waals surface area contributed by atoms with Crippen molar-refractivity contribution in [3.8, 4) is 0 Å². The van der Waals surface area contributed by atoms with Crippen molar-refractivity contribution in [2.75, 3.05) is 5.32 Å². The van der Waals surface area contributed by atoms with Gasteiger partial charge in [0.25, 0.3) is 0 Å². The highest BCUT2D eigenvalue weighted by Crippen LogP contribution is 2.09. The average molecular weight is 227 g/mol. The molecule has 0 atom stereocenters. The number of aromatic nitrogens is 3. The molecule has 2 aromatic heterocycles. The van der Waals surface area contributed by atoms with Gasteiger partial charge in [-0.25, -0.2) is 9.97 Å². The van der Waals surface area contributed by atoms with Gasteiger partial charge in [0, 0.05) is 11.6 Å². The molecule has 2 aromatic rings. The van der Waals surface area contributed by atoms with Crippen LogP contribution in [0.15, 0.2) is 24.0 Å². The van der Waals surface area contributed by atoms with Crippen molar-refractivity contribution in [2.45, 2.75) is 6.54 Å². The Bertz CT molecular complexity index is 403. The number of halogens is 1. The number of anilines is 1. The highest BCUT2D eigenvalue weighted by Gasteiger charge is 1.97. The average Bonchev–Trinajstić information content (AvgIpc) is 2.67. The van der Waals surface area contributed by atoms with E-state index in [0.717, 1.165) is 5.01 Å². The van der Waals surface area contributed by atoms with Gasteiger partial charge in [-0.2, -0.15) is 0 Å². The molecule has 0 aliphatic heterocycles. The quantitative estimate of drug-likeness (QED) is 0.872. The third-order valence-electron chi connectivity index (χ3n) is 1.51. The summed E-state index contributed by atoms with van der Waals surface area (Å²) in [7, 11) is 0. The first-order chi connectivity index (χ1) is 6.84. The first-order valence-corrected chi connectivity index (χ1v) is 5.20. The molecular formula is C8H7ClN4S. The molecule has 14 heavy (non-hydrogen) atoms. The van der Waals surface area contributed by atoms with E-state index in [1.54, 1.807) is 23.7 Å². The van der Waals surface area contributed by atoms with Crippen LogP contribution in [0.5, 0.6) is 0 Å². The number of thiazole rings is 1. The van der Waals surface area contributed by atoms with Crippen molar-refractivity contribution in [1.29, 1.82) is 0 Å². The van der Waals surface area contributed by atoms with E-state index in [1.807, 2.05) is 5.38 Å². The Morgan fingerprint density at radius 3 is 3.07 bits per heavy atom. The Kier molecular flexibility index (Phi) is 2.90. The molecule has 1 N–H and O–H groups in total. The van der Waals surface area contributed by atoms with E-state index >= 15 is 0 Å². The predicted molar refractivity (Wildman–Crippen MR) is 56.5 cm³/mol. The van der Waals surface area contributed by atoms with E-state index in [1.165, 1.54) is 6.20 Å². The van der Waals surface area contributed by atoms with E-state index in [4.69, 9.17) is 11.6 Å². The highest BCUT2D eigenvalue weighted by molar-refractivity contribution is 7.09. The van der Waals surface area contributed by atoms with Crippen LogP contribution in [-0.4, -0.2) is 15.0 Å². The summed E-state index contributed by atoms with van der Waals surface area (Å²) in [6.45, 7) is 0.646. The van der Waals surface area contributed by atoms with Gasteiger partial charge in [-0.15, -0.1) is 11.3 Å². The van der Waals surface area contributed by atoms with Crippen molar-refractivity contribution in [1.82, 2.24) is 15.0 Å². The summed E-state index contributed by atoms with van der Waals surface area (Å²) in [6.07, 6.45) is 4.89. The van der Waals surface area contributed by atoms with Gasteiger partial charge in [0.15, 0.2) is 0 Å². The zero-order chi connectivity index (χ0) is 9.80. The van der Waals surface area contributed by atoms with Gasteiger partial charge in [0.05, 0.1) is 18.9 Å². The first-order valence-electron chi connectivity index (χ1n) is 3.94. The number of hydrogen-bond donors (Lipinski definition) is 1. The van der Waals surface area contributed by atoms with Crippen LogP contribution in [0.25, 0.3) is 0 Å². The van der Waals surface area contributed by atoms with Gasteiger partial charge in [-0.1, -0.05) is 11.6 Å². The standard InChI is InChI=1S/C8H7ClN4S/c9-6-3-10-4-7(13-6)12-5-8-11-1-2-14-8/h1-4H,5H2,(H,12,13). The third-order valence-corrected chi connectivity index (χ3v) is 2.47. The minimum absolute atomic E-state index is 0.383. The minimum Gasteiger partial charge on any atom is -0.362 e. The number of nitrogens with zero attached hydrogens (tertiary/aromatic N) is 3. The summed E-state index contributed by atoms with van der Waals surface area (Å²) in [5.41, 5.74) is 0. The molecule has 0 aliphatic rings. The van der Waals surface area contributed by atoms with Crippen LogP contribution >= 0.6 is 22.9 Å². The van der Waals surface area contributed by atoms with Crippen molar-refractivity contribution in [2.24, 2.45) is 0 Å². The van der Waals surface area contributed by atoms with E-state index in [-0.39, 0.29) is 0 Å². The predicted octanol–water partition coefficient (Wildman–Crippen LogP) is 2.20. The zero-order valence-corrected chi connectivity index (χ0v) is 8.72. The molecule has 0 aliphatic carbocycles. The van der Waals surface area contributed by atoms with Crippen LogP contribution in [-0.2, 0) is 6.54 Å². The maximum atomic E-state index is 5.68. The lowest BCUT2D eigenvalue weighted by atomic mass is 10.6. The summed E-state index contributed by atoms with van der Waals surface area (Å²) in [5, 5.41) is 6.40.